The zero-order chi connectivity index (χ0) is 15.8. The van der Waals surface area contributed by atoms with E-state index in [4.69, 9.17) is 5.11 Å². The van der Waals surface area contributed by atoms with E-state index in [1.807, 2.05) is 6.92 Å². The monoisotopic (exact) mass is 311 g/mol. The molecule has 0 bridgehead atoms. The number of carbonyl (C=O) groups is 1. The van der Waals surface area contributed by atoms with Crippen LogP contribution in [-0.4, -0.2) is 54.4 Å². The molecule has 1 saturated carbocycles. The Morgan fingerprint density at radius 3 is 2.50 bits per heavy atom. The smallest absolute Gasteiger partial charge is 0.315 e. The van der Waals surface area contributed by atoms with E-state index in [2.05, 4.69) is 15.5 Å². The summed E-state index contributed by atoms with van der Waals surface area (Å²) >= 11 is 0. The van der Waals surface area contributed by atoms with E-state index in [1.165, 1.54) is 32.1 Å². The molecule has 0 radical (unpaired) electrons. The Labute approximate surface area is 134 Å². The Bertz CT molecular complexity index is 324. The lowest BCUT2D eigenvalue weighted by molar-refractivity contribution is 0.117. The third-order valence-electron chi connectivity index (χ3n) is 5.19. The number of hydrogen-bond acceptors (Lipinski definition) is 3. The minimum Gasteiger partial charge on any atom is -0.396 e. The summed E-state index contributed by atoms with van der Waals surface area (Å²) in [4.78, 5) is 14.5. The molecular weight excluding hydrogens is 278 g/mol. The maximum absolute atomic E-state index is 11.9. The Morgan fingerprint density at radius 1 is 1.18 bits per heavy atom. The van der Waals surface area contributed by atoms with Gasteiger partial charge in [-0.05, 0) is 38.0 Å². The molecule has 1 heterocycles. The van der Waals surface area contributed by atoms with Crippen molar-refractivity contribution in [3.63, 3.8) is 0 Å². The Kier molecular flexibility index (Phi) is 7.46. The molecule has 2 amide bonds. The summed E-state index contributed by atoms with van der Waals surface area (Å²) in [6.07, 6.45) is 9.77. The lowest BCUT2D eigenvalue weighted by atomic mass is 9.92. The van der Waals surface area contributed by atoms with Crippen molar-refractivity contribution in [3.8, 4) is 0 Å². The summed E-state index contributed by atoms with van der Waals surface area (Å²) in [5, 5.41) is 14.9. The average molecular weight is 311 g/mol. The average Bonchev–Trinajstić information content (AvgIpc) is 2.55. The number of rotatable bonds is 6. The molecule has 1 aliphatic heterocycles. The normalized spacial score (nSPS) is 23.2. The Balaban J connectivity index is 1.61. The van der Waals surface area contributed by atoms with Crippen molar-refractivity contribution in [2.75, 3.05) is 26.2 Å². The van der Waals surface area contributed by atoms with E-state index < -0.39 is 0 Å². The summed E-state index contributed by atoms with van der Waals surface area (Å²) in [6.45, 7) is 5.10. The molecule has 2 rings (SSSR count). The largest absolute Gasteiger partial charge is 0.396 e. The molecule has 3 N–H and O–H groups in total. The van der Waals surface area contributed by atoms with Gasteiger partial charge in [-0.1, -0.05) is 26.2 Å². The number of carbonyl (C=O) groups excluding carboxylic acids is 1. The number of hydrogen-bond donors (Lipinski definition) is 3. The summed E-state index contributed by atoms with van der Waals surface area (Å²) in [5.74, 6) is 0.323. The number of urea groups is 1. The summed E-state index contributed by atoms with van der Waals surface area (Å²) in [5.41, 5.74) is 0. The molecule has 2 aliphatic rings. The third-order valence-corrected chi connectivity index (χ3v) is 5.19. The molecular formula is C17H33N3O2. The van der Waals surface area contributed by atoms with Crippen LogP contribution in [0, 0.1) is 5.92 Å². The van der Waals surface area contributed by atoms with Crippen molar-refractivity contribution in [2.24, 2.45) is 5.92 Å². The molecule has 0 aromatic heterocycles. The molecule has 128 valence electrons. The van der Waals surface area contributed by atoms with E-state index in [0.717, 1.165) is 38.4 Å². The highest BCUT2D eigenvalue weighted by Crippen LogP contribution is 2.25. The number of aliphatic hydroxyl groups is 1. The van der Waals surface area contributed by atoms with Crippen molar-refractivity contribution < 1.29 is 9.90 Å². The van der Waals surface area contributed by atoms with Gasteiger partial charge >= 0.3 is 6.03 Å². The molecule has 1 atom stereocenters. The van der Waals surface area contributed by atoms with Crippen LogP contribution in [0.2, 0.25) is 0 Å². The van der Waals surface area contributed by atoms with Crippen LogP contribution in [0.25, 0.3) is 0 Å². The van der Waals surface area contributed by atoms with Gasteiger partial charge in [0.1, 0.15) is 0 Å². The van der Waals surface area contributed by atoms with Crippen LogP contribution >= 0.6 is 0 Å². The van der Waals surface area contributed by atoms with Crippen LogP contribution in [0.4, 0.5) is 4.79 Å². The van der Waals surface area contributed by atoms with Crippen molar-refractivity contribution in [3.05, 3.63) is 0 Å². The van der Waals surface area contributed by atoms with Gasteiger partial charge in [-0.2, -0.15) is 0 Å². The molecule has 1 unspecified atom stereocenters. The van der Waals surface area contributed by atoms with Crippen LogP contribution in [-0.2, 0) is 0 Å². The van der Waals surface area contributed by atoms with E-state index in [1.54, 1.807) is 0 Å². The summed E-state index contributed by atoms with van der Waals surface area (Å²) in [6, 6.07) is 1.05. The fourth-order valence-corrected chi connectivity index (χ4v) is 3.68. The van der Waals surface area contributed by atoms with Gasteiger partial charge < -0.3 is 20.6 Å². The first-order valence-electron chi connectivity index (χ1n) is 9.08. The van der Waals surface area contributed by atoms with Crippen molar-refractivity contribution in [1.82, 2.24) is 15.5 Å². The highest BCUT2D eigenvalue weighted by Gasteiger charge is 2.26. The lowest BCUT2D eigenvalue weighted by Crippen LogP contribution is -2.50. The minimum atomic E-state index is -0.0547. The van der Waals surface area contributed by atoms with E-state index in [0.29, 0.717) is 18.5 Å². The predicted octanol–water partition coefficient (Wildman–Crippen LogP) is 2.10. The first kappa shape index (κ1) is 17.5. The molecule has 5 nitrogen and oxygen atoms in total. The second-order valence-electron chi connectivity index (χ2n) is 7.07. The van der Waals surface area contributed by atoms with Crippen molar-refractivity contribution >= 4 is 6.03 Å². The predicted molar refractivity (Wildman–Crippen MR) is 88.9 cm³/mol. The molecule has 0 aromatic rings. The Hall–Kier alpha value is -0.810. The zero-order valence-electron chi connectivity index (χ0n) is 14.0. The van der Waals surface area contributed by atoms with E-state index in [9.17, 15) is 4.79 Å². The van der Waals surface area contributed by atoms with Gasteiger partial charge in [-0.25, -0.2) is 4.79 Å². The quantitative estimate of drug-likeness (QED) is 0.704. The molecule has 2 fully saturated rings. The first-order valence-corrected chi connectivity index (χ1v) is 9.08. The number of piperidine rings is 1. The van der Waals surface area contributed by atoms with Gasteiger partial charge in [0, 0.05) is 38.3 Å². The number of likely N-dealkylation sites (tertiary alicyclic amines) is 1. The van der Waals surface area contributed by atoms with Crippen LogP contribution in [0.15, 0.2) is 0 Å². The first-order chi connectivity index (χ1) is 10.7. The summed E-state index contributed by atoms with van der Waals surface area (Å²) in [7, 11) is 0. The van der Waals surface area contributed by atoms with Gasteiger partial charge in [0.15, 0.2) is 0 Å². The minimum absolute atomic E-state index is 0.0547. The third kappa shape index (κ3) is 5.76. The second-order valence-corrected chi connectivity index (χ2v) is 7.07. The number of nitrogens with zero attached hydrogens (tertiary/aromatic N) is 1. The Morgan fingerprint density at radius 2 is 1.86 bits per heavy atom. The van der Waals surface area contributed by atoms with Crippen LogP contribution in [0.5, 0.6) is 0 Å². The van der Waals surface area contributed by atoms with E-state index >= 15 is 0 Å². The molecule has 22 heavy (non-hydrogen) atoms. The zero-order valence-corrected chi connectivity index (χ0v) is 14.0. The van der Waals surface area contributed by atoms with Gasteiger partial charge in [0.05, 0.1) is 0 Å². The maximum atomic E-state index is 11.9. The second kappa shape index (κ2) is 9.36. The van der Waals surface area contributed by atoms with Gasteiger partial charge in [0.2, 0.25) is 0 Å². The van der Waals surface area contributed by atoms with Crippen molar-refractivity contribution in [1.29, 1.82) is 0 Å². The molecule has 0 spiro atoms. The lowest BCUT2D eigenvalue weighted by Gasteiger charge is -2.39. The topological polar surface area (TPSA) is 64.6 Å². The fraction of sp³-hybridized carbons (Fsp3) is 0.941. The maximum Gasteiger partial charge on any atom is 0.315 e. The summed E-state index contributed by atoms with van der Waals surface area (Å²) < 4.78 is 0. The van der Waals surface area contributed by atoms with Gasteiger partial charge in [-0.15, -0.1) is 0 Å². The van der Waals surface area contributed by atoms with Crippen molar-refractivity contribution in [2.45, 2.75) is 70.4 Å². The van der Waals surface area contributed by atoms with Crippen LogP contribution < -0.4 is 10.6 Å². The standard InChI is InChI=1S/C17H33N3O2/c1-14(9-12-21)13-18-17(22)19-15-7-10-20(11-8-15)16-5-3-2-4-6-16/h14-16,21H,2-13H2,1H3,(H2,18,19,22). The highest BCUT2D eigenvalue weighted by molar-refractivity contribution is 5.74. The van der Waals surface area contributed by atoms with E-state index in [-0.39, 0.29) is 12.6 Å². The van der Waals surface area contributed by atoms with Gasteiger partial charge in [0.25, 0.3) is 0 Å². The van der Waals surface area contributed by atoms with Crippen LogP contribution in [0.3, 0.4) is 0 Å². The molecule has 1 aliphatic carbocycles. The molecule has 5 heteroatoms. The van der Waals surface area contributed by atoms with Gasteiger partial charge in [-0.3, -0.25) is 0 Å². The SMILES string of the molecule is CC(CCO)CNC(=O)NC1CCN(C2CCCCC2)CC1. The highest BCUT2D eigenvalue weighted by atomic mass is 16.3. The number of nitrogens with one attached hydrogen (secondary N) is 2. The fourth-order valence-electron chi connectivity index (χ4n) is 3.68. The van der Waals surface area contributed by atoms with Crippen LogP contribution in [0.1, 0.15) is 58.3 Å². The number of amides is 2. The molecule has 1 saturated heterocycles. The molecule has 0 aromatic carbocycles. The number of aliphatic hydroxyl groups excluding tert-OH is 1.